The zero-order valence-electron chi connectivity index (χ0n) is 13.1. The Bertz CT molecular complexity index is 1030. The lowest BCUT2D eigenvalue weighted by molar-refractivity contribution is -0.119. The fourth-order valence-electron chi connectivity index (χ4n) is 2.36. The maximum absolute atomic E-state index is 12.8. The van der Waals surface area contributed by atoms with Crippen LogP contribution >= 0.6 is 23.2 Å². The number of amides is 1. The van der Waals surface area contributed by atoms with Crippen molar-refractivity contribution in [3.8, 4) is 17.1 Å². The van der Waals surface area contributed by atoms with E-state index in [2.05, 4.69) is 0 Å². The van der Waals surface area contributed by atoms with Crippen molar-refractivity contribution in [1.29, 1.82) is 0 Å². The second kappa shape index (κ2) is 6.78. The lowest BCUT2D eigenvalue weighted by atomic mass is 10.1. The van der Waals surface area contributed by atoms with Crippen LogP contribution in [0.15, 0.2) is 45.6 Å². The van der Waals surface area contributed by atoms with Crippen molar-refractivity contribution in [2.45, 2.75) is 6.92 Å². The Labute approximate surface area is 152 Å². The highest BCUT2D eigenvalue weighted by Gasteiger charge is 2.19. The Balaban J connectivity index is 2.29. The summed E-state index contributed by atoms with van der Waals surface area (Å²) in [5.41, 5.74) is 6.40. The van der Waals surface area contributed by atoms with Gasteiger partial charge in [-0.3, -0.25) is 9.59 Å². The van der Waals surface area contributed by atoms with E-state index in [1.807, 2.05) is 0 Å². The number of carbonyl (C=O) groups excluding carboxylic acids is 1. The molecule has 25 heavy (non-hydrogen) atoms. The highest BCUT2D eigenvalue weighted by molar-refractivity contribution is 6.32. The van der Waals surface area contributed by atoms with E-state index in [1.165, 1.54) is 6.07 Å². The summed E-state index contributed by atoms with van der Waals surface area (Å²) in [6.07, 6.45) is 0. The van der Waals surface area contributed by atoms with Crippen LogP contribution in [-0.4, -0.2) is 12.5 Å². The van der Waals surface area contributed by atoms with Crippen LogP contribution < -0.4 is 15.9 Å². The molecule has 0 radical (unpaired) electrons. The van der Waals surface area contributed by atoms with Crippen molar-refractivity contribution in [1.82, 2.24) is 0 Å². The summed E-state index contributed by atoms with van der Waals surface area (Å²) in [5.74, 6) is -0.617. The van der Waals surface area contributed by atoms with Gasteiger partial charge in [-0.05, 0) is 48.9 Å². The van der Waals surface area contributed by atoms with Crippen LogP contribution in [-0.2, 0) is 4.79 Å². The number of fused-ring (bicyclic) bond motifs is 1. The van der Waals surface area contributed by atoms with Gasteiger partial charge in [-0.25, -0.2) is 0 Å². The fraction of sp³-hybridized carbons (Fsp3) is 0.111. The largest absolute Gasteiger partial charge is 0.476 e. The van der Waals surface area contributed by atoms with Crippen LogP contribution in [0, 0.1) is 6.92 Å². The summed E-state index contributed by atoms with van der Waals surface area (Å²) in [6.45, 7) is 1.36. The first-order valence-electron chi connectivity index (χ1n) is 7.31. The number of carbonyl (C=O) groups is 1. The third-order valence-corrected chi connectivity index (χ3v) is 4.25. The van der Waals surface area contributed by atoms with E-state index in [-0.39, 0.29) is 16.9 Å². The van der Waals surface area contributed by atoms with Gasteiger partial charge in [0.2, 0.25) is 11.2 Å². The molecule has 2 N–H and O–H groups in total. The average molecular weight is 378 g/mol. The first-order chi connectivity index (χ1) is 11.9. The molecule has 7 heteroatoms. The number of primary amides is 1. The van der Waals surface area contributed by atoms with Crippen molar-refractivity contribution >= 4 is 40.1 Å². The van der Waals surface area contributed by atoms with E-state index < -0.39 is 17.9 Å². The molecule has 1 heterocycles. The zero-order valence-corrected chi connectivity index (χ0v) is 14.6. The van der Waals surface area contributed by atoms with Gasteiger partial charge in [-0.15, -0.1) is 0 Å². The quantitative estimate of drug-likeness (QED) is 0.746. The number of hydrogen-bond donors (Lipinski definition) is 1. The standard InChI is InChI=1S/C18H13Cl2NO4/c1-9-6-14-12(7-13(9)20)16(23)18(24-8-15(21)22)17(25-14)10-2-4-11(19)5-3-10/h2-7H,8H2,1H3,(H2,21,22). The Morgan fingerprint density at radius 3 is 2.52 bits per heavy atom. The molecule has 2 aromatic carbocycles. The molecule has 1 aromatic heterocycles. The molecule has 0 unspecified atom stereocenters. The van der Waals surface area contributed by atoms with E-state index in [4.69, 9.17) is 38.1 Å². The molecule has 0 fully saturated rings. The lowest BCUT2D eigenvalue weighted by Gasteiger charge is -2.11. The van der Waals surface area contributed by atoms with Crippen molar-refractivity contribution in [2.75, 3.05) is 6.61 Å². The van der Waals surface area contributed by atoms with Crippen LogP contribution in [0.2, 0.25) is 10.0 Å². The molecule has 0 saturated heterocycles. The van der Waals surface area contributed by atoms with E-state index in [1.54, 1.807) is 37.3 Å². The predicted octanol–water partition coefficient (Wildman–Crippen LogP) is 3.94. The Morgan fingerprint density at radius 1 is 1.20 bits per heavy atom. The molecule has 0 spiro atoms. The number of rotatable bonds is 4. The average Bonchev–Trinajstić information content (AvgIpc) is 2.56. The lowest BCUT2D eigenvalue weighted by Crippen LogP contribution is -2.22. The first kappa shape index (κ1) is 17.3. The van der Waals surface area contributed by atoms with Gasteiger partial charge in [-0.2, -0.15) is 0 Å². The minimum absolute atomic E-state index is 0.103. The third kappa shape index (κ3) is 3.48. The first-order valence-corrected chi connectivity index (χ1v) is 8.06. The van der Waals surface area contributed by atoms with Crippen LogP contribution in [0.3, 0.4) is 0 Å². The summed E-state index contributed by atoms with van der Waals surface area (Å²) >= 11 is 12.0. The van der Waals surface area contributed by atoms with Crippen LogP contribution in [0.1, 0.15) is 5.56 Å². The van der Waals surface area contributed by atoms with Gasteiger partial charge in [-0.1, -0.05) is 23.2 Å². The maximum atomic E-state index is 12.8. The molecule has 3 rings (SSSR count). The Hall–Kier alpha value is -2.50. The summed E-state index contributed by atoms with van der Waals surface area (Å²) in [4.78, 5) is 23.9. The maximum Gasteiger partial charge on any atom is 0.255 e. The van der Waals surface area contributed by atoms with Crippen molar-refractivity contribution in [2.24, 2.45) is 5.73 Å². The summed E-state index contributed by atoms with van der Waals surface area (Å²) in [7, 11) is 0. The van der Waals surface area contributed by atoms with Gasteiger partial charge >= 0.3 is 0 Å². The van der Waals surface area contributed by atoms with E-state index in [9.17, 15) is 9.59 Å². The molecular weight excluding hydrogens is 365 g/mol. The SMILES string of the molecule is Cc1cc2oc(-c3ccc(Cl)cc3)c(OCC(N)=O)c(=O)c2cc1Cl. The van der Waals surface area contributed by atoms with Crippen molar-refractivity contribution in [3.63, 3.8) is 0 Å². The highest BCUT2D eigenvalue weighted by atomic mass is 35.5. The van der Waals surface area contributed by atoms with Gasteiger partial charge in [0.25, 0.3) is 5.91 Å². The van der Waals surface area contributed by atoms with Gasteiger partial charge < -0.3 is 14.9 Å². The highest BCUT2D eigenvalue weighted by Crippen LogP contribution is 2.33. The van der Waals surface area contributed by atoms with Crippen LogP contribution in [0.5, 0.6) is 5.75 Å². The molecule has 0 aliphatic heterocycles. The van der Waals surface area contributed by atoms with E-state index in [0.29, 0.717) is 21.2 Å². The molecule has 0 atom stereocenters. The molecule has 0 aliphatic carbocycles. The number of halogens is 2. The molecular formula is C18H13Cl2NO4. The second-order valence-corrected chi connectivity index (χ2v) is 6.29. The van der Waals surface area contributed by atoms with Gasteiger partial charge in [0.05, 0.1) is 5.39 Å². The molecule has 128 valence electrons. The third-order valence-electron chi connectivity index (χ3n) is 3.60. The summed E-state index contributed by atoms with van der Waals surface area (Å²) in [6, 6.07) is 9.88. The van der Waals surface area contributed by atoms with E-state index in [0.717, 1.165) is 5.56 Å². The monoisotopic (exact) mass is 377 g/mol. The number of benzene rings is 2. The summed E-state index contributed by atoms with van der Waals surface area (Å²) in [5, 5.41) is 1.22. The predicted molar refractivity (Wildman–Crippen MR) is 97.4 cm³/mol. The molecule has 0 bridgehead atoms. The van der Waals surface area contributed by atoms with Crippen molar-refractivity contribution in [3.05, 3.63) is 62.2 Å². The van der Waals surface area contributed by atoms with Crippen LogP contribution in [0.25, 0.3) is 22.3 Å². The van der Waals surface area contributed by atoms with Crippen LogP contribution in [0.4, 0.5) is 0 Å². The minimum atomic E-state index is -0.705. The zero-order chi connectivity index (χ0) is 18.1. The minimum Gasteiger partial charge on any atom is -0.476 e. The molecule has 3 aromatic rings. The van der Waals surface area contributed by atoms with Gasteiger partial charge in [0.1, 0.15) is 5.58 Å². The molecule has 5 nitrogen and oxygen atoms in total. The van der Waals surface area contributed by atoms with Gasteiger partial charge in [0, 0.05) is 15.6 Å². The topological polar surface area (TPSA) is 82.5 Å². The number of hydrogen-bond acceptors (Lipinski definition) is 4. The Kier molecular flexibility index (Phi) is 4.70. The smallest absolute Gasteiger partial charge is 0.255 e. The summed E-state index contributed by atoms with van der Waals surface area (Å²) < 4.78 is 11.2. The molecule has 1 amide bonds. The number of ether oxygens (including phenoxy) is 1. The Morgan fingerprint density at radius 2 is 1.88 bits per heavy atom. The second-order valence-electron chi connectivity index (χ2n) is 5.45. The van der Waals surface area contributed by atoms with Crippen molar-refractivity contribution < 1.29 is 13.9 Å². The fourth-order valence-corrected chi connectivity index (χ4v) is 2.65. The molecule has 0 aliphatic rings. The van der Waals surface area contributed by atoms with Gasteiger partial charge in [0.15, 0.2) is 12.4 Å². The number of nitrogens with two attached hydrogens (primary N) is 1. The van der Waals surface area contributed by atoms with E-state index >= 15 is 0 Å². The normalized spacial score (nSPS) is 10.8. The molecule has 0 saturated carbocycles. The number of aryl methyl sites for hydroxylation is 1.